The molecule has 1 heterocycles. The summed E-state index contributed by atoms with van der Waals surface area (Å²) in [5.41, 5.74) is 2.67. The number of hydrogen-bond acceptors (Lipinski definition) is 1. The maximum absolute atomic E-state index is 4.44. The number of hydrogen-bond donors (Lipinski definition) is 0. The second kappa shape index (κ2) is 3.41. The molecule has 0 radical (unpaired) electrons. The molecule has 2 rings (SSSR count). The van der Waals surface area contributed by atoms with Gasteiger partial charge in [0.05, 0.1) is 0 Å². The Balaban J connectivity index is 2.36. The van der Waals surface area contributed by atoms with Gasteiger partial charge in [0.15, 0.2) is 0 Å². The Kier molecular flexibility index (Phi) is 2.41. The highest BCUT2D eigenvalue weighted by Gasteiger charge is 2.25. The van der Waals surface area contributed by atoms with E-state index in [2.05, 4.69) is 40.8 Å². The average Bonchev–Trinajstić information content (AvgIpc) is 2.87. The van der Waals surface area contributed by atoms with E-state index >= 15 is 0 Å². The van der Waals surface area contributed by atoms with Crippen LogP contribution in [0.5, 0.6) is 0 Å². The van der Waals surface area contributed by atoms with Crippen LogP contribution >= 0.6 is 15.9 Å². The van der Waals surface area contributed by atoms with Gasteiger partial charge in [-0.25, -0.2) is 0 Å². The van der Waals surface area contributed by atoms with Gasteiger partial charge in [0.1, 0.15) is 0 Å². The molecule has 0 saturated heterocycles. The van der Waals surface area contributed by atoms with Gasteiger partial charge in [-0.3, -0.25) is 4.98 Å². The quantitative estimate of drug-likeness (QED) is 0.765. The zero-order chi connectivity index (χ0) is 9.42. The summed E-state index contributed by atoms with van der Waals surface area (Å²) < 4.78 is 1.15. The van der Waals surface area contributed by atoms with E-state index in [4.69, 9.17) is 0 Å². The highest BCUT2D eigenvalue weighted by Crippen LogP contribution is 2.40. The van der Waals surface area contributed by atoms with Crippen LogP contribution in [-0.2, 0) is 0 Å². The first-order chi connectivity index (χ1) is 6.18. The highest BCUT2D eigenvalue weighted by molar-refractivity contribution is 9.10. The van der Waals surface area contributed by atoms with Crippen LogP contribution in [0.1, 0.15) is 49.8 Å². The topological polar surface area (TPSA) is 12.9 Å². The second-order valence-corrected chi connectivity index (χ2v) is 4.91. The monoisotopic (exact) mass is 239 g/mol. The molecule has 1 aliphatic carbocycles. The van der Waals surface area contributed by atoms with Gasteiger partial charge in [-0.05, 0) is 46.3 Å². The molecule has 1 aromatic rings. The van der Waals surface area contributed by atoms with E-state index in [0.29, 0.717) is 5.92 Å². The van der Waals surface area contributed by atoms with E-state index in [9.17, 15) is 0 Å². The number of aromatic nitrogens is 1. The Morgan fingerprint density at radius 3 is 2.69 bits per heavy atom. The summed E-state index contributed by atoms with van der Waals surface area (Å²) >= 11 is 3.54. The van der Waals surface area contributed by atoms with Gasteiger partial charge in [-0.15, -0.1) is 0 Å². The molecule has 0 atom stereocenters. The Labute approximate surface area is 87.7 Å². The molecule has 0 aliphatic heterocycles. The van der Waals surface area contributed by atoms with Crippen LogP contribution in [0.15, 0.2) is 16.7 Å². The molecule has 1 nitrogen and oxygen atoms in total. The van der Waals surface area contributed by atoms with Crippen LogP contribution in [0.3, 0.4) is 0 Å². The predicted octanol–water partition coefficient (Wildman–Crippen LogP) is 3.84. The van der Waals surface area contributed by atoms with E-state index in [-0.39, 0.29) is 0 Å². The van der Waals surface area contributed by atoms with Crippen molar-refractivity contribution < 1.29 is 0 Å². The molecule has 1 aromatic heterocycles. The molecule has 0 spiro atoms. The van der Waals surface area contributed by atoms with Crippen LogP contribution < -0.4 is 0 Å². The van der Waals surface area contributed by atoms with Gasteiger partial charge in [0.25, 0.3) is 0 Å². The molecule has 0 aromatic carbocycles. The molecule has 70 valence electrons. The molecule has 2 heteroatoms. The van der Waals surface area contributed by atoms with Gasteiger partial charge < -0.3 is 0 Å². The van der Waals surface area contributed by atoms with Crippen LogP contribution in [-0.4, -0.2) is 4.98 Å². The van der Waals surface area contributed by atoms with E-state index < -0.39 is 0 Å². The fourth-order valence-electron chi connectivity index (χ4n) is 1.52. The lowest BCUT2D eigenvalue weighted by molar-refractivity contribution is 0.845. The third kappa shape index (κ3) is 1.93. The van der Waals surface area contributed by atoms with E-state index in [1.807, 2.05) is 6.20 Å². The molecule has 1 saturated carbocycles. The van der Waals surface area contributed by atoms with Crippen molar-refractivity contribution in [3.63, 3.8) is 0 Å². The minimum Gasteiger partial charge on any atom is -0.260 e. The van der Waals surface area contributed by atoms with E-state index in [1.54, 1.807) is 0 Å². The molecule has 13 heavy (non-hydrogen) atoms. The molecule has 0 unspecified atom stereocenters. The second-order valence-electron chi connectivity index (χ2n) is 4.06. The van der Waals surface area contributed by atoms with Crippen molar-refractivity contribution in [3.8, 4) is 0 Å². The van der Waals surface area contributed by atoms with Crippen molar-refractivity contribution in [2.24, 2.45) is 0 Å². The largest absolute Gasteiger partial charge is 0.260 e. The van der Waals surface area contributed by atoms with Crippen molar-refractivity contribution in [2.75, 3.05) is 0 Å². The van der Waals surface area contributed by atoms with Crippen LogP contribution in [0.25, 0.3) is 0 Å². The fraction of sp³-hybridized carbons (Fsp3) is 0.545. The van der Waals surface area contributed by atoms with Crippen LogP contribution in [0, 0.1) is 0 Å². The third-order valence-corrected chi connectivity index (χ3v) is 3.19. The summed E-state index contributed by atoms with van der Waals surface area (Å²) in [6, 6.07) is 2.26. The smallest absolute Gasteiger partial charge is 0.0438 e. The normalized spacial score (nSPS) is 16.6. The van der Waals surface area contributed by atoms with Crippen molar-refractivity contribution >= 4 is 15.9 Å². The molecule has 0 N–H and O–H groups in total. The Morgan fingerprint density at radius 2 is 2.15 bits per heavy atom. The van der Waals surface area contributed by atoms with Gasteiger partial charge in [-0.1, -0.05) is 13.8 Å². The number of rotatable bonds is 2. The fourth-order valence-corrected chi connectivity index (χ4v) is 2.19. The zero-order valence-corrected chi connectivity index (χ0v) is 9.63. The lowest BCUT2D eigenvalue weighted by atomic mass is 10.0. The third-order valence-electron chi connectivity index (χ3n) is 2.52. The standard InChI is InChI=1S/C11H14BrN/c1-7(2)9-5-11(8-3-4-8)13-6-10(9)12/h5-8H,3-4H2,1-2H3. The van der Waals surface area contributed by atoms with Gasteiger partial charge in [0, 0.05) is 22.3 Å². The lowest BCUT2D eigenvalue weighted by Gasteiger charge is -2.09. The minimum absolute atomic E-state index is 0.579. The molecule has 0 amide bonds. The summed E-state index contributed by atoms with van der Waals surface area (Å²) in [7, 11) is 0. The number of halogens is 1. The van der Waals surface area contributed by atoms with Crippen molar-refractivity contribution in [1.82, 2.24) is 4.98 Å². The lowest BCUT2D eigenvalue weighted by Crippen LogP contribution is -1.94. The Bertz CT molecular complexity index is 316. The summed E-state index contributed by atoms with van der Waals surface area (Å²) in [5, 5.41) is 0. The highest BCUT2D eigenvalue weighted by atomic mass is 79.9. The number of pyridine rings is 1. The molecular weight excluding hydrogens is 226 g/mol. The SMILES string of the molecule is CC(C)c1cc(C2CC2)ncc1Br. The van der Waals surface area contributed by atoms with Crippen molar-refractivity contribution in [1.29, 1.82) is 0 Å². The first-order valence-electron chi connectivity index (χ1n) is 4.84. The van der Waals surface area contributed by atoms with Gasteiger partial charge in [0.2, 0.25) is 0 Å². The van der Waals surface area contributed by atoms with Gasteiger partial charge in [-0.2, -0.15) is 0 Å². The van der Waals surface area contributed by atoms with Crippen molar-refractivity contribution in [2.45, 2.75) is 38.5 Å². The van der Waals surface area contributed by atoms with E-state index in [0.717, 1.165) is 10.4 Å². The first kappa shape index (κ1) is 9.20. The van der Waals surface area contributed by atoms with Crippen LogP contribution in [0.4, 0.5) is 0 Å². The Morgan fingerprint density at radius 1 is 1.46 bits per heavy atom. The first-order valence-corrected chi connectivity index (χ1v) is 5.63. The molecule has 0 bridgehead atoms. The summed E-state index contributed by atoms with van der Waals surface area (Å²) in [5.74, 6) is 1.33. The average molecular weight is 240 g/mol. The summed E-state index contributed by atoms with van der Waals surface area (Å²) in [4.78, 5) is 4.44. The van der Waals surface area contributed by atoms with Crippen LogP contribution in [0.2, 0.25) is 0 Å². The summed E-state index contributed by atoms with van der Waals surface area (Å²) in [6.07, 6.45) is 4.60. The maximum atomic E-state index is 4.44. The van der Waals surface area contributed by atoms with Gasteiger partial charge >= 0.3 is 0 Å². The predicted molar refractivity (Wildman–Crippen MR) is 58.0 cm³/mol. The Hall–Kier alpha value is -0.370. The molecule has 1 fully saturated rings. The zero-order valence-electron chi connectivity index (χ0n) is 8.05. The van der Waals surface area contributed by atoms with E-state index in [1.165, 1.54) is 24.1 Å². The maximum Gasteiger partial charge on any atom is 0.0438 e. The molecule has 1 aliphatic rings. The van der Waals surface area contributed by atoms with Crippen molar-refractivity contribution in [3.05, 3.63) is 28.0 Å². The number of nitrogens with zero attached hydrogens (tertiary/aromatic N) is 1. The minimum atomic E-state index is 0.579. The summed E-state index contributed by atoms with van der Waals surface area (Å²) in [6.45, 7) is 4.44. The molecular formula is C11H14BrN.